The molecule has 0 amide bonds. The van der Waals surface area contributed by atoms with Gasteiger partial charge in [-0.3, -0.25) is 0 Å². The molecule has 1 aromatic heterocycles. The van der Waals surface area contributed by atoms with Gasteiger partial charge in [-0.1, -0.05) is 17.7 Å². The van der Waals surface area contributed by atoms with Crippen LogP contribution in [0.5, 0.6) is 23.5 Å². The normalized spacial score (nSPS) is 10.0. The SMILES string of the molecule is COc1nc(Oc2cccc(C(=O)O)c2)nc(OC)c1Cl. The van der Waals surface area contributed by atoms with Crippen molar-refractivity contribution >= 4 is 17.6 Å². The summed E-state index contributed by atoms with van der Waals surface area (Å²) < 4.78 is 15.4. The fraction of sp³-hybridized carbons (Fsp3) is 0.154. The minimum absolute atomic E-state index is 0.0735. The first-order chi connectivity index (χ1) is 10.0. The summed E-state index contributed by atoms with van der Waals surface area (Å²) in [5.41, 5.74) is 0.0837. The molecule has 0 unspecified atom stereocenters. The molecular weight excluding hydrogens is 300 g/mol. The van der Waals surface area contributed by atoms with E-state index < -0.39 is 5.97 Å². The van der Waals surface area contributed by atoms with Gasteiger partial charge in [-0.05, 0) is 18.2 Å². The van der Waals surface area contributed by atoms with Crippen LogP contribution in [0.15, 0.2) is 24.3 Å². The third kappa shape index (κ3) is 3.32. The van der Waals surface area contributed by atoms with E-state index in [9.17, 15) is 4.79 Å². The lowest BCUT2D eigenvalue weighted by atomic mass is 10.2. The van der Waals surface area contributed by atoms with E-state index in [-0.39, 0.29) is 34.1 Å². The Bertz CT molecular complexity index is 652. The van der Waals surface area contributed by atoms with Crippen molar-refractivity contribution in [1.29, 1.82) is 0 Å². The Morgan fingerprint density at radius 2 is 1.81 bits per heavy atom. The monoisotopic (exact) mass is 310 g/mol. The summed E-state index contributed by atoms with van der Waals surface area (Å²) in [4.78, 5) is 18.8. The average molecular weight is 311 g/mol. The molecule has 21 heavy (non-hydrogen) atoms. The van der Waals surface area contributed by atoms with Crippen LogP contribution in [0.4, 0.5) is 0 Å². The van der Waals surface area contributed by atoms with Crippen LogP contribution < -0.4 is 14.2 Å². The van der Waals surface area contributed by atoms with Crippen molar-refractivity contribution in [1.82, 2.24) is 9.97 Å². The van der Waals surface area contributed by atoms with Crippen LogP contribution >= 0.6 is 11.6 Å². The Labute approximate surface area is 125 Å². The molecule has 8 heteroatoms. The zero-order valence-corrected chi connectivity index (χ0v) is 11.9. The Kier molecular flexibility index (Phi) is 4.44. The predicted molar refractivity (Wildman–Crippen MR) is 73.6 cm³/mol. The molecule has 0 aliphatic carbocycles. The number of nitrogens with zero attached hydrogens (tertiary/aromatic N) is 2. The molecule has 0 aliphatic rings. The largest absolute Gasteiger partial charge is 0.480 e. The lowest BCUT2D eigenvalue weighted by molar-refractivity contribution is 0.0696. The van der Waals surface area contributed by atoms with Gasteiger partial charge in [0.15, 0.2) is 5.02 Å². The van der Waals surface area contributed by atoms with Crippen LogP contribution in [0.2, 0.25) is 5.02 Å². The number of rotatable bonds is 5. The number of hydrogen-bond donors (Lipinski definition) is 1. The number of carbonyl (C=O) groups is 1. The molecular formula is C13H11ClN2O5. The Morgan fingerprint density at radius 3 is 2.33 bits per heavy atom. The van der Waals surface area contributed by atoms with Gasteiger partial charge < -0.3 is 19.3 Å². The maximum Gasteiger partial charge on any atom is 0.335 e. The number of hydrogen-bond acceptors (Lipinski definition) is 6. The summed E-state index contributed by atoms with van der Waals surface area (Å²) in [6, 6.07) is 5.83. The minimum atomic E-state index is -1.06. The second-order valence-electron chi connectivity index (χ2n) is 3.77. The van der Waals surface area contributed by atoms with Gasteiger partial charge in [0.25, 0.3) is 0 Å². The fourth-order valence-electron chi connectivity index (χ4n) is 1.50. The van der Waals surface area contributed by atoms with E-state index in [4.69, 9.17) is 30.9 Å². The summed E-state index contributed by atoms with van der Waals surface area (Å²) in [6.07, 6.45) is 0. The van der Waals surface area contributed by atoms with Gasteiger partial charge in [-0.2, -0.15) is 9.97 Å². The molecule has 0 bridgehead atoms. The number of carboxylic acids is 1. The molecule has 0 saturated carbocycles. The maximum atomic E-state index is 10.9. The van der Waals surface area contributed by atoms with Crippen molar-refractivity contribution in [2.45, 2.75) is 0 Å². The highest BCUT2D eigenvalue weighted by Gasteiger charge is 2.15. The molecule has 110 valence electrons. The van der Waals surface area contributed by atoms with Crippen LogP contribution in [0.1, 0.15) is 10.4 Å². The van der Waals surface area contributed by atoms with Gasteiger partial charge in [0.2, 0.25) is 11.8 Å². The van der Waals surface area contributed by atoms with Crippen LogP contribution in [0, 0.1) is 0 Å². The standard InChI is InChI=1S/C13H11ClN2O5/c1-19-10-9(14)11(20-2)16-13(15-10)21-8-5-3-4-7(6-8)12(17)18/h3-6H,1-2H3,(H,17,18). The van der Waals surface area contributed by atoms with Gasteiger partial charge in [-0.15, -0.1) is 0 Å². The molecule has 0 spiro atoms. The summed E-state index contributed by atoms with van der Waals surface area (Å²) in [6.45, 7) is 0. The highest BCUT2D eigenvalue weighted by atomic mass is 35.5. The van der Waals surface area contributed by atoms with Crippen LogP contribution in [-0.4, -0.2) is 35.3 Å². The van der Waals surface area contributed by atoms with E-state index in [1.165, 1.54) is 26.4 Å². The summed E-state index contributed by atoms with van der Waals surface area (Å²) in [5.74, 6) is -0.616. The van der Waals surface area contributed by atoms with E-state index in [1.54, 1.807) is 12.1 Å². The smallest absolute Gasteiger partial charge is 0.335 e. The number of methoxy groups -OCH3 is 2. The van der Waals surface area contributed by atoms with Crippen molar-refractivity contribution in [2.24, 2.45) is 0 Å². The van der Waals surface area contributed by atoms with E-state index >= 15 is 0 Å². The molecule has 7 nitrogen and oxygen atoms in total. The van der Waals surface area contributed by atoms with Crippen molar-refractivity contribution in [3.05, 3.63) is 34.9 Å². The van der Waals surface area contributed by atoms with Gasteiger partial charge in [0.05, 0.1) is 19.8 Å². The van der Waals surface area contributed by atoms with E-state index in [0.717, 1.165) is 0 Å². The topological polar surface area (TPSA) is 90.8 Å². The lowest BCUT2D eigenvalue weighted by Crippen LogP contribution is -2.00. The molecule has 1 aromatic carbocycles. The Balaban J connectivity index is 2.35. The molecule has 2 rings (SSSR count). The second kappa shape index (κ2) is 6.27. The summed E-state index contributed by atoms with van der Waals surface area (Å²) in [7, 11) is 2.78. The minimum Gasteiger partial charge on any atom is -0.480 e. The van der Waals surface area contributed by atoms with Gasteiger partial charge in [-0.25, -0.2) is 4.79 Å². The number of aromatic carboxylic acids is 1. The zero-order chi connectivity index (χ0) is 15.4. The number of carboxylic acid groups (broad SMARTS) is 1. The Morgan fingerprint density at radius 1 is 1.19 bits per heavy atom. The van der Waals surface area contributed by atoms with Crippen molar-refractivity contribution in [3.63, 3.8) is 0 Å². The molecule has 1 heterocycles. The molecule has 0 aliphatic heterocycles. The summed E-state index contributed by atoms with van der Waals surface area (Å²) in [5, 5.41) is 9.05. The molecule has 0 saturated heterocycles. The van der Waals surface area contributed by atoms with Gasteiger partial charge in [0, 0.05) is 0 Å². The van der Waals surface area contributed by atoms with E-state index in [0.29, 0.717) is 0 Å². The highest BCUT2D eigenvalue weighted by Crippen LogP contribution is 2.33. The lowest BCUT2D eigenvalue weighted by Gasteiger charge is -2.09. The highest BCUT2D eigenvalue weighted by molar-refractivity contribution is 6.33. The van der Waals surface area contributed by atoms with Gasteiger partial charge >= 0.3 is 12.0 Å². The predicted octanol–water partition coefficient (Wildman–Crippen LogP) is 2.64. The zero-order valence-electron chi connectivity index (χ0n) is 11.2. The van der Waals surface area contributed by atoms with Crippen molar-refractivity contribution < 1.29 is 24.1 Å². The molecule has 0 radical (unpaired) electrons. The van der Waals surface area contributed by atoms with Crippen LogP contribution in [-0.2, 0) is 0 Å². The molecule has 1 N–H and O–H groups in total. The first-order valence-corrected chi connectivity index (χ1v) is 6.09. The number of benzene rings is 1. The fourth-order valence-corrected chi connectivity index (χ4v) is 1.74. The van der Waals surface area contributed by atoms with Crippen molar-refractivity contribution in [3.8, 4) is 23.5 Å². The maximum absolute atomic E-state index is 10.9. The van der Waals surface area contributed by atoms with Crippen molar-refractivity contribution in [2.75, 3.05) is 14.2 Å². The summed E-state index contributed by atoms with van der Waals surface area (Å²) >= 11 is 5.94. The van der Waals surface area contributed by atoms with Crippen LogP contribution in [0.3, 0.4) is 0 Å². The third-order valence-corrected chi connectivity index (χ3v) is 2.77. The van der Waals surface area contributed by atoms with Crippen LogP contribution in [0.25, 0.3) is 0 Å². The van der Waals surface area contributed by atoms with E-state index in [2.05, 4.69) is 9.97 Å². The van der Waals surface area contributed by atoms with E-state index in [1.807, 2.05) is 0 Å². The third-order valence-electron chi connectivity index (χ3n) is 2.45. The van der Waals surface area contributed by atoms with Gasteiger partial charge in [0.1, 0.15) is 5.75 Å². The number of aromatic nitrogens is 2. The first kappa shape index (κ1) is 14.9. The number of ether oxygens (including phenoxy) is 3. The number of halogens is 1. The molecule has 0 atom stereocenters. The average Bonchev–Trinajstić information content (AvgIpc) is 2.49. The molecule has 0 fully saturated rings. The second-order valence-corrected chi connectivity index (χ2v) is 4.15. The Hall–Kier alpha value is -2.54. The first-order valence-electron chi connectivity index (χ1n) is 5.72. The molecule has 2 aromatic rings. The quantitative estimate of drug-likeness (QED) is 0.907.